The highest BCUT2D eigenvalue weighted by Gasteiger charge is 2.12. The lowest BCUT2D eigenvalue weighted by Crippen LogP contribution is -2.21. The Bertz CT molecular complexity index is 793. The fourth-order valence-electron chi connectivity index (χ4n) is 1.97. The zero-order chi connectivity index (χ0) is 18.9. The van der Waals surface area contributed by atoms with Crippen LogP contribution in [-0.4, -0.2) is 36.0 Å². The van der Waals surface area contributed by atoms with E-state index in [4.69, 9.17) is 9.47 Å². The van der Waals surface area contributed by atoms with Crippen molar-refractivity contribution in [3.63, 3.8) is 0 Å². The van der Waals surface area contributed by atoms with Gasteiger partial charge in [0.05, 0.1) is 25.1 Å². The van der Waals surface area contributed by atoms with Crippen LogP contribution < -0.4 is 5.32 Å². The van der Waals surface area contributed by atoms with E-state index in [1.165, 1.54) is 18.2 Å². The van der Waals surface area contributed by atoms with E-state index in [1.807, 2.05) is 0 Å². The van der Waals surface area contributed by atoms with Gasteiger partial charge < -0.3 is 9.47 Å². The molecule has 2 rings (SSSR count). The molecule has 0 atom stereocenters. The van der Waals surface area contributed by atoms with E-state index >= 15 is 0 Å². The molecule has 1 amide bonds. The second-order valence-corrected chi connectivity index (χ2v) is 6.00. The maximum absolute atomic E-state index is 13.0. The lowest BCUT2D eigenvalue weighted by Gasteiger charge is -2.05. The van der Waals surface area contributed by atoms with Crippen LogP contribution in [0.25, 0.3) is 0 Å². The SMILES string of the molecule is CCOC(=O)Cc1csc(NC(=O)COC(=O)Cc2cccc(F)c2)n1. The van der Waals surface area contributed by atoms with E-state index in [0.717, 1.165) is 11.3 Å². The van der Waals surface area contributed by atoms with Crippen molar-refractivity contribution in [2.24, 2.45) is 0 Å². The molecular formula is C17H17FN2O5S. The van der Waals surface area contributed by atoms with Crippen LogP contribution in [0, 0.1) is 5.82 Å². The summed E-state index contributed by atoms with van der Waals surface area (Å²) < 4.78 is 22.7. The van der Waals surface area contributed by atoms with Crippen LogP contribution >= 0.6 is 11.3 Å². The number of halogens is 1. The predicted molar refractivity (Wildman–Crippen MR) is 92.1 cm³/mol. The van der Waals surface area contributed by atoms with Gasteiger partial charge in [0.2, 0.25) is 0 Å². The number of carbonyl (C=O) groups is 3. The second-order valence-electron chi connectivity index (χ2n) is 5.14. The number of carbonyl (C=O) groups excluding carboxylic acids is 3. The van der Waals surface area contributed by atoms with E-state index in [1.54, 1.807) is 18.4 Å². The van der Waals surface area contributed by atoms with Crippen LogP contribution in [0.1, 0.15) is 18.2 Å². The molecule has 138 valence electrons. The first-order valence-corrected chi connectivity index (χ1v) is 8.64. The molecule has 1 N–H and O–H groups in total. The Morgan fingerprint density at radius 3 is 2.69 bits per heavy atom. The van der Waals surface area contributed by atoms with E-state index in [0.29, 0.717) is 11.3 Å². The number of nitrogens with one attached hydrogen (secondary N) is 1. The van der Waals surface area contributed by atoms with Crippen molar-refractivity contribution in [2.45, 2.75) is 19.8 Å². The second kappa shape index (κ2) is 9.62. The Hall–Kier alpha value is -2.81. The minimum Gasteiger partial charge on any atom is -0.466 e. The number of hydrogen-bond acceptors (Lipinski definition) is 7. The molecule has 2 aromatic rings. The highest BCUT2D eigenvalue weighted by molar-refractivity contribution is 7.13. The number of anilines is 1. The average molecular weight is 380 g/mol. The molecule has 9 heteroatoms. The van der Waals surface area contributed by atoms with Gasteiger partial charge in [0, 0.05) is 5.38 Å². The topological polar surface area (TPSA) is 94.6 Å². The summed E-state index contributed by atoms with van der Waals surface area (Å²) in [4.78, 5) is 38.9. The van der Waals surface area contributed by atoms with Crippen LogP contribution in [0.5, 0.6) is 0 Å². The Labute approximate surface area is 153 Å². The number of thiazole rings is 1. The minimum atomic E-state index is -0.645. The van der Waals surface area contributed by atoms with Crippen LogP contribution in [0.4, 0.5) is 9.52 Å². The molecule has 0 bridgehead atoms. The maximum Gasteiger partial charge on any atom is 0.311 e. The molecule has 0 fully saturated rings. The van der Waals surface area contributed by atoms with Crippen LogP contribution in [0.2, 0.25) is 0 Å². The molecule has 1 aromatic carbocycles. The number of aromatic nitrogens is 1. The van der Waals surface area contributed by atoms with E-state index in [9.17, 15) is 18.8 Å². The summed E-state index contributed by atoms with van der Waals surface area (Å²) in [6, 6.07) is 5.57. The fraction of sp³-hybridized carbons (Fsp3) is 0.294. The van der Waals surface area contributed by atoms with Gasteiger partial charge in [-0.2, -0.15) is 0 Å². The summed E-state index contributed by atoms with van der Waals surface area (Å²) in [5.41, 5.74) is 0.936. The third-order valence-corrected chi connectivity index (χ3v) is 3.84. The quantitative estimate of drug-likeness (QED) is 0.705. The summed E-state index contributed by atoms with van der Waals surface area (Å²) in [5, 5.41) is 4.39. The Balaban J connectivity index is 1.75. The van der Waals surface area contributed by atoms with E-state index in [2.05, 4.69) is 10.3 Å². The molecule has 1 aromatic heterocycles. The van der Waals surface area contributed by atoms with Gasteiger partial charge in [-0.1, -0.05) is 12.1 Å². The van der Waals surface area contributed by atoms with Gasteiger partial charge in [-0.05, 0) is 24.6 Å². The first-order valence-electron chi connectivity index (χ1n) is 7.76. The molecular weight excluding hydrogens is 363 g/mol. The monoisotopic (exact) mass is 380 g/mol. The van der Waals surface area contributed by atoms with Gasteiger partial charge in [0.1, 0.15) is 5.82 Å². The van der Waals surface area contributed by atoms with Crippen molar-refractivity contribution in [2.75, 3.05) is 18.5 Å². The van der Waals surface area contributed by atoms with Gasteiger partial charge >= 0.3 is 11.9 Å². The Morgan fingerprint density at radius 2 is 1.96 bits per heavy atom. The predicted octanol–water partition coefficient (Wildman–Crippen LogP) is 2.11. The Kier molecular flexibility index (Phi) is 7.22. The molecule has 0 saturated heterocycles. The molecule has 7 nitrogen and oxygen atoms in total. The highest BCUT2D eigenvalue weighted by Crippen LogP contribution is 2.16. The van der Waals surface area contributed by atoms with E-state index < -0.39 is 30.3 Å². The van der Waals surface area contributed by atoms with Crippen molar-refractivity contribution in [1.82, 2.24) is 4.98 Å². The number of esters is 2. The van der Waals surface area contributed by atoms with Gasteiger partial charge in [-0.15, -0.1) is 11.3 Å². The van der Waals surface area contributed by atoms with E-state index in [-0.39, 0.29) is 24.6 Å². The van der Waals surface area contributed by atoms with Gasteiger partial charge in [-0.3, -0.25) is 19.7 Å². The van der Waals surface area contributed by atoms with Gasteiger partial charge in [0.25, 0.3) is 5.91 Å². The summed E-state index contributed by atoms with van der Waals surface area (Å²) >= 11 is 1.14. The smallest absolute Gasteiger partial charge is 0.311 e. The molecule has 0 aliphatic rings. The first-order chi connectivity index (χ1) is 12.5. The maximum atomic E-state index is 13.0. The zero-order valence-corrected chi connectivity index (χ0v) is 14.8. The van der Waals surface area contributed by atoms with Crippen LogP contribution in [0.15, 0.2) is 29.6 Å². The van der Waals surface area contributed by atoms with Crippen LogP contribution in [0.3, 0.4) is 0 Å². The molecule has 0 aliphatic heterocycles. The van der Waals surface area contributed by atoms with Gasteiger partial charge in [-0.25, -0.2) is 9.37 Å². The molecule has 0 radical (unpaired) electrons. The standard InChI is InChI=1S/C17H17FN2O5S/c1-2-24-16(23)8-13-10-26-17(19-13)20-14(21)9-25-15(22)7-11-4-3-5-12(18)6-11/h3-6,10H,2,7-9H2,1H3,(H,19,20,21). The first kappa shape index (κ1) is 19.5. The third kappa shape index (κ3) is 6.60. The molecule has 1 heterocycles. The number of rotatable bonds is 8. The van der Waals surface area contributed by atoms with Gasteiger partial charge in [0.15, 0.2) is 11.7 Å². The number of nitrogens with zero attached hydrogens (tertiary/aromatic N) is 1. The van der Waals surface area contributed by atoms with Crippen molar-refractivity contribution in [3.8, 4) is 0 Å². The average Bonchev–Trinajstić information content (AvgIpc) is 3.00. The van der Waals surface area contributed by atoms with Crippen molar-refractivity contribution in [3.05, 3.63) is 46.7 Å². The largest absolute Gasteiger partial charge is 0.466 e. The summed E-state index contributed by atoms with van der Waals surface area (Å²) in [6.45, 7) is 1.51. The zero-order valence-electron chi connectivity index (χ0n) is 14.0. The number of benzene rings is 1. The minimum absolute atomic E-state index is 0.0167. The highest BCUT2D eigenvalue weighted by atomic mass is 32.1. The molecule has 0 spiro atoms. The van der Waals surface area contributed by atoms with Crippen molar-refractivity contribution in [1.29, 1.82) is 0 Å². The number of ether oxygens (including phenoxy) is 2. The third-order valence-electron chi connectivity index (χ3n) is 3.03. The van der Waals surface area contributed by atoms with Crippen LogP contribution in [-0.2, 0) is 36.7 Å². The van der Waals surface area contributed by atoms with Crippen molar-refractivity contribution >= 4 is 34.3 Å². The lowest BCUT2D eigenvalue weighted by molar-refractivity contribution is -0.146. The Morgan fingerprint density at radius 1 is 1.19 bits per heavy atom. The summed E-state index contributed by atoms with van der Waals surface area (Å²) in [5.74, 6) is -2.06. The van der Waals surface area contributed by atoms with Crippen molar-refractivity contribution < 1.29 is 28.2 Å². The normalized spacial score (nSPS) is 10.2. The molecule has 0 unspecified atom stereocenters. The molecule has 26 heavy (non-hydrogen) atoms. The molecule has 0 aliphatic carbocycles. The number of amides is 1. The summed E-state index contributed by atoms with van der Waals surface area (Å²) in [6.07, 6.45) is -0.116. The number of hydrogen-bond donors (Lipinski definition) is 1. The molecule has 0 saturated carbocycles. The lowest BCUT2D eigenvalue weighted by atomic mass is 10.1. The fourth-order valence-corrected chi connectivity index (χ4v) is 2.70. The summed E-state index contributed by atoms with van der Waals surface area (Å²) in [7, 11) is 0.